The van der Waals surface area contributed by atoms with Crippen molar-refractivity contribution in [1.29, 1.82) is 0 Å². The molecule has 108 valence electrons. The van der Waals surface area contributed by atoms with Crippen molar-refractivity contribution in [3.8, 4) is 0 Å². The molecule has 0 unspecified atom stereocenters. The van der Waals surface area contributed by atoms with Gasteiger partial charge in [0.25, 0.3) is 0 Å². The second-order valence-corrected chi connectivity index (χ2v) is 8.69. The summed E-state index contributed by atoms with van der Waals surface area (Å²) in [7, 11) is -7.59. The first-order chi connectivity index (χ1) is 8.67. The van der Waals surface area contributed by atoms with Gasteiger partial charge in [0.15, 0.2) is 14.9 Å². The number of nitrogens with zero attached hydrogens (tertiary/aromatic N) is 1. The van der Waals surface area contributed by atoms with Gasteiger partial charge in [0.2, 0.25) is 10.0 Å². The van der Waals surface area contributed by atoms with E-state index in [1.807, 2.05) is 6.92 Å². The first-order valence-electron chi connectivity index (χ1n) is 5.70. The maximum absolute atomic E-state index is 12.2. The molecular formula is C11H18N2O4S2. The van der Waals surface area contributed by atoms with Crippen LogP contribution >= 0.6 is 0 Å². The number of sulfone groups is 1. The van der Waals surface area contributed by atoms with Crippen LogP contribution in [0.25, 0.3) is 0 Å². The minimum absolute atomic E-state index is 0.187. The van der Waals surface area contributed by atoms with Gasteiger partial charge in [0.05, 0.1) is 11.4 Å². The zero-order valence-corrected chi connectivity index (χ0v) is 12.5. The molecule has 0 saturated carbocycles. The van der Waals surface area contributed by atoms with Crippen LogP contribution in [0.4, 0.5) is 11.4 Å². The van der Waals surface area contributed by atoms with Crippen LogP contribution in [-0.2, 0) is 19.9 Å². The van der Waals surface area contributed by atoms with E-state index >= 15 is 0 Å². The number of benzene rings is 1. The number of hydrogen-bond acceptors (Lipinski definition) is 5. The first-order valence-corrected chi connectivity index (χ1v) is 9.37. The van der Waals surface area contributed by atoms with Crippen molar-refractivity contribution in [2.75, 3.05) is 27.9 Å². The SMILES string of the molecule is CCCN(c1ccccc1N)S(=O)(=O)CS(C)(=O)=O. The molecule has 8 heteroatoms. The number of nitrogens with two attached hydrogens (primary N) is 1. The lowest BCUT2D eigenvalue weighted by molar-refractivity contribution is 0.587. The van der Waals surface area contributed by atoms with E-state index in [9.17, 15) is 16.8 Å². The molecule has 0 fully saturated rings. The fraction of sp³-hybridized carbons (Fsp3) is 0.455. The topological polar surface area (TPSA) is 97.5 Å². The van der Waals surface area contributed by atoms with Crippen molar-refractivity contribution in [2.45, 2.75) is 13.3 Å². The summed E-state index contributed by atoms with van der Waals surface area (Å²) in [6, 6.07) is 6.48. The van der Waals surface area contributed by atoms with E-state index in [-0.39, 0.29) is 6.54 Å². The van der Waals surface area contributed by atoms with E-state index in [0.717, 1.165) is 10.6 Å². The minimum atomic E-state index is -3.95. The third-order valence-corrected chi connectivity index (χ3v) is 6.29. The molecule has 6 nitrogen and oxygen atoms in total. The Morgan fingerprint density at radius 3 is 2.21 bits per heavy atom. The molecule has 0 aliphatic carbocycles. The van der Waals surface area contributed by atoms with Gasteiger partial charge in [-0.3, -0.25) is 4.31 Å². The van der Waals surface area contributed by atoms with Gasteiger partial charge in [-0.25, -0.2) is 16.8 Å². The third-order valence-electron chi connectivity index (χ3n) is 2.33. The molecule has 0 atom stereocenters. The van der Waals surface area contributed by atoms with E-state index in [1.54, 1.807) is 24.3 Å². The Kier molecular flexibility index (Phi) is 4.81. The highest BCUT2D eigenvalue weighted by atomic mass is 32.3. The quantitative estimate of drug-likeness (QED) is 0.785. The lowest BCUT2D eigenvalue weighted by Crippen LogP contribution is -2.36. The van der Waals surface area contributed by atoms with Crippen LogP contribution in [0.15, 0.2) is 24.3 Å². The van der Waals surface area contributed by atoms with Crippen molar-refractivity contribution in [3.63, 3.8) is 0 Å². The molecule has 0 bridgehead atoms. The van der Waals surface area contributed by atoms with Crippen LogP contribution in [-0.4, -0.2) is 34.7 Å². The minimum Gasteiger partial charge on any atom is -0.397 e. The van der Waals surface area contributed by atoms with Gasteiger partial charge in [-0.2, -0.15) is 0 Å². The Morgan fingerprint density at radius 1 is 1.16 bits per heavy atom. The van der Waals surface area contributed by atoms with E-state index < -0.39 is 24.9 Å². The van der Waals surface area contributed by atoms with E-state index in [2.05, 4.69) is 0 Å². The molecule has 0 radical (unpaired) electrons. The monoisotopic (exact) mass is 306 g/mol. The Labute approximate surface area is 114 Å². The van der Waals surface area contributed by atoms with Crippen molar-refractivity contribution in [1.82, 2.24) is 0 Å². The molecule has 2 N–H and O–H groups in total. The standard InChI is InChI=1S/C11H18N2O4S2/c1-3-8-13(11-7-5-4-6-10(11)12)19(16,17)9-18(2,14)15/h4-7H,3,8-9,12H2,1-2H3. The molecular weight excluding hydrogens is 288 g/mol. The molecule has 0 aliphatic heterocycles. The summed E-state index contributed by atoms with van der Waals surface area (Å²) in [5, 5.41) is -0.922. The van der Waals surface area contributed by atoms with Crippen LogP contribution in [0.3, 0.4) is 0 Å². The second kappa shape index (κ2) is 5.79. The zero-order chi connectivity index (χ0) is 14.7. The Morgan fingerprint density at radius 2 is 1.74 bits per heavy atom. The van der Waals surface area contributed by atoms with Crippen molar-refractivity contribution in [3.05, 3.63) is 24.3 Å². The highest BCUT2D eigenvalue weighted by Crippen LogP contribution is 2.26. The highest BCUT2D eigenvalue weighted by Gasteiger charge is 2.27. The van der Waals surface area contributed by atoms with Gasteiger partial charge in [0, 0.05) is 12.8 Å². The molecule has 19 heavy (non-hydrogen) atoms. The summed E-state index contributed by atoms with van der Waals surface area (Å²) >= 11 is 0. The van der Waals surface area contributed by atoms with Crippen LogP contribution in [0.1, 0.15) is 13.3 Å². The molecule has 0 amide bonds. The number of anilines is 2. The number of sulfonamides is 1. The smallest absolute Gasteiger partial charge is 0.249 e. The van der Waals surface area contributed by atoms with Crippen molar-refractivity contribution >= 4 is 31.2 Å². The molecule has 1 rings (SSSR count). The van der Waals surface area contributed by atoms with Gasteiger partial charge < -0.3 is 5.73 Å². The largest absolute Gasteiger partial charge is 0.397 e. The first kappa shape index (κ1) is 15.8. The molecule has 0 heterocycles. The average molecular weight is 306 g/mol. The van der Waals surface area contributed by atoms with E-state index in [0.29, 0.717) is 17.8 Å². The van der Waals surface area contributed by atoms with Crippen LogP contribution in [0, 0.1) is 0 Å². The van der Waals surface area contributed by atoms with E-state index in [4.69, 9.17) is 5.73 Å². The number of para-hydroxylation sites is 2. The predicted octanol–water partition coefficient (Wildman–Crippen LogP) is 0.817. The molecule has 1 aromatic rings. The Hall–Kier alpha value is -1.28. The van der Waals surface area contributed by atoms with Gasteiger partial charge >= 0.3 is 0 Å². The van der Waals surface area contributed by atoms with Gasteiger partial charge in [-0.1, -0.05) is 19.1 Å². The zero-order valence-electron chi connectivity index (χ0n) is 10.9. The van der Waals surface area contributed by atoms with Crippen LogP contribution < -0.4 is 10.0 Å². The summed E-state index contributed by atoms with van der Waals surface area (Å²) in [5.41, 5.74) is 6.37. The number of nitrogen functional groups attached to an aromatic ring is 1. The summed E-state index contributed by atoms with van der Waals surface area (Å²) in [6.07, 6.45) is 1.44. The van der Waals surface area contributed by atoms with E-state index in [1.165, 1.54) is 0 Å². The molecule has 0 aromatic heterocycles. The molecule has 0 spiro atoms. The van der Waals surface area contributed by atoms with Crippen molar-refractivity contribution in [2.24, 2.45) is 0 Å². The van der Waals surface area contributed by atoms with Crippen LogP contribution in [0.2, 0.25) is 0 Å². The van der Waals surface area contributed by atoms with Gasteiger partial charge in [-0.15, -0.1) is 0 Å². The Balaban J connectivity index is 3.26. The lowest BCUT2D eigenvalue weighted by atomic mass is 10.2. The summed E-state index contributed by atoms with van der Waals surface area (Å²) in [4.78, 5) is 0. The summed E-state index contributed by atoms with van der Waals surface area (Å²) in [5.74, 6) is 0. The molecule has 0 saturated heterocycles. The second-order valence-electron chi connectivity index (χ2n) is 4.29. The third kappa shape index (κ3) is 4.39. The Bertz CT molecular complexity index is 638. The summed E-state index contributed by atoms with van der Waals surface area (Å²) in [6.45, 7) is 1.99. The average Bonchev–Trinajstić information content (AvgIpc) is 2.23. The normalized spacial score (nSPS) is 12.3. The maximum atomic E-state index is 12.2. The number of rotatable bonds is 6. The fourth-order valence-electron chi connectivity index (χ4n) is 1.66. The summed E-state index contributed by atoms with van der Waals surface area (Å²) < 4.78 is 47.9. The van der Waals surface area contributed by atoms with Gasteiger partial charge in [-0.05, 0) is 18.6 Å². The highest BCUT2D eigenvalue weighted by molar-refractivity contribution is 8.08. The fourth-order valence-corrected chi connectivity index (χ4v) is 5.26. The molecule has 1 aromatic carbocycles. The lowest BCUT2D eigenvalue weighted by Gasteiger charge is -2.24. The van der Waals surface area contributed by atoms with Gasteiger partial charge in [0.1, 0.15) is 0 Å². The van der Waals surface area contributed by atoms with Crippen LogP contribution in [0.5, 0.6) is 0 Å². The predicted molar refractivity (Wildman–Crippen MR) is 77.1 cm³/mol. The molecule has 0 aliphatic rings. The number of hydrogen-bond donors (Lipinski definition) is 1. The maximum Gasteiger partial charge on any atom is 0.249 e. The van der Waals surface area contributed by atoms with Crippen molar-refractivity contribution < 1.29 is 16.8 Å².